The predicted molar refractivity (Wildman–Crippen MR) is 146 cm³/mol. The summed E-state index contributed by atoms with van der Waals surface area (Å²) < 4.78 is 57.4. The highest BCUT2D eigenvalue weighted by Gasteiger charge is 2.47. The Morgan fingerprint density at radius 2 is 1.64 bits per heavy atom. The Balaban J connectivity index is 1.30. The molecule has 42 heavy (non-hydrogen) atoms. The number of nitrogens with one attached hydrogen (secondary N) is 1. The third kappa shape index (κ3) is 6.95. The first-order valence-electron chi connectivity index (χ1n) is 14.2. The number of benzene rings is 2. The van der Waals surface area contributed by atoms with Gasteiger partial charge in [0.2, 0.25) is 5.91 Å². The van der Waals surface area contributed by atoms with Crippen LogP contribution in [0.15, 0.2) is 48.5 Å². The summed E-state index contributed by atoms with van der Waals surface area (Å²) in [7, 11) is 0. The van der Waals surface area contributed by atoms with Crippen LogP contribution in [0.4, 0.5) is 18.9 Å². The maximum atomic E-state index is 13.0. The van der Waals surface area contributed by atoms with E-state index in [1.54, 1.807) is 24.3 Å². The lowest BCUT2D eigenvalue weighted by Crippen LogP contribution is -2.48. The van der Waals surface area contributed by atoms with Crippen molar-refractivity contribution < 1.29 is 42.1 Å². The van der Waals surface area contributed by atoms with E-state index in [1.807, 2.05) is 24.3 Å². The number of ether oxygens (including phenoxy) is 3. The number of rotatable bonds is 7. The second-order valence-corrected chi connectivity index (χ2v) is 11.0. The average Bonchev–Trinajstić information content (AvgIpc) is 3.48. The van der Waals surface area contributed by atoms with Crippen LogP contribution in [-0.2, 0) is 30.4 Å². The summed E-state index contributed by atoms with van der Waals surface area (Å²) in [6, 6.07) is 13.3. The van der Waals surface area contributed by atoms with Gasteiger partial charge in [-0.05, 0) is 36.1 Å². The lowest BCUT2D eigenvalue weighted by molar-refractivity contribution is -0.277. The number of carbonyl (C=O) groups is 2. The number of nitrogens with zero attached hydrogens (tertiary/aromatic N) is 2. The van der Waals surface area contributed by atoms with Gasteiger partial charge in [0.15, 0.2) is 6.29 Å². The maximum absolute atomic E-state index is 13.0. The van der Waals surface area contributed by atoms with E-state index in [0.717, 1.165) is 29.8 Å². The van der Waals surface area contributed by atoms with Crippen molar-refractivity contribution in [3.8, 4) is 0 Å². The van der Waals surface area contributed by atoms with Gasteiger partial charge in [0.1, 0.15) is 6.04 Å². The van der Waals surface area contributed by atoms with Crippen LogP contribution in [0.1, 0.15) is 48.8 Å². The Morgan fingerprint density at radius 3 is 2.29 bits per heavy atom. The molecule has 0 spiro atoms. The van der Waals surface area contributed by atoms with Crippen LogP contribution in [-0.4, -0.2) is 84.4 Å². The zero-order chi connectivity index (χ0) is 29.9. The number of hydrogen-bond donors (Lipinski definition) is 2. The van der Waals surface area contributed by atoms with E-state index in [-0.39, 0.29) is 37.7 Å². The van der Waals surface area contributed by atoms with Crippen LogP contribution in [0.2, 0.25) is 0 Å². The van der Waals surface area contributed by atoms with Crippen LogP contribution in [0.25, 0.3) is 0 Å². The molecule has 0 unspecified atom stereocenters. The molecule has 12 heteroatoms. The van der Waals surface area contributed by atoms with E-state index < -0.39 is 30.3 Å². The van der Waals surface area contributed by atoms with E-state index in [4.69, 9.17) is 14.2 Å². The van der Waals surface area contributed by atoms with Gasteiger partial charge in [0.05, 0.1) is 32.0 Å². The molecule has 0 aliphatic carbocycles. The van der Waals surface area contributed by atoms with Crippen LogP contribution < -0.4 is 5.32 Å². The molecule has 2 aromatic carbocycles. The van der Waals surface area contributed by atoms with Gasteiger partial charge >= 0.3 is 12.1 Å². The Labute approximate surface area is 242 Å². The second kappa shape index (κ2) is 13.1. The Hall–Kier alpha value is -3.03. The summed E-state index contributed by atoms with van der Waals surface area (Å²) in [5, 5.41) is 12.1. The molecule has 3 saturated heterocycles. The van der Waals surface area contributed by atoms with E-state index in [0.29, 0.717) is 36.8 Å². The van der Waals surface area contributed by atoms with Gasteiger partial charge in [-0.2, -0.15) is 13.2 Å². The molecule has 2 aromatic rings. The fourth-order valence-electron chi connectivity index (χ4n) is 5.76. The minimum absolute atomic E-state index is 0.0244. The largest absolute Gasteiger partial charge is 0.471 e. The molecule has 228 valence electrons. The molecular weight excluding hydrogens is 555 g/mol. The summed E-state index contributed by atoms with van der Waals surface area (Å²) >= 11 is 0. The van der Waals surface area contributed by atoms with Crippen molar-refractivity contribution in [2.75, 3.05) is 44.7 Å². The number of alkyl halides is 3. The molecule has 0 radical (unpaired) electrons. The lowest BCUT2D eigenvalue weighted by atomic mass is 9.90. The molecule has 0 bridgehead atoms. The van der Waals surface area contributed by atoms with Gasteiger partial charge in [-0.1, -0.05) is 43.3 Å². The summed E-state index contributed by atoms with van der Waals surface area (Å²) in [6.07, 6.45) is -5.67. The minimum atomic E-state index is -5.03. The van der Waals surface area contributed by atoms with Crippen LogP contribution in [0.5, 0.6) is 0 Å². The fraction of sp³-hybridized carbons (Fsp3) is 0.533. The Bertz CT molecular complexity index is 1220. The number of hydrogen-bond acceptors (Lipinski definition) is 7. The number of morpholine rings is 1. The average molecular weight is 592 g/mol. The molecule has 9 nitrogen and oxygen atoms in total. The van der Waals surface area contributed by atoms with E-state index in [9.17, 15) is 27.9 Å². The van der Waals surface area contributed by atoms with Gasteiger partial charge < -0.3 is 29.5 Å². The number of likely N-dealkylation sites (tertiary alicyclic amines) is 1. The van der Waals surface area contributed by atoms with Crippen LogP contribution >= 0.6 is 0 Å². The summed E-state index contributed by atoms with van der Waals surface area (Å²) in [4.78, 5) is 27.5. The number of aliphatic hydroxyl groups excluding tert-OH is 1. The van der Waals surface area contributed by atoms with Crippen molar-refractivity contribution in [3.05, 3.63) is 65.2 Å². The minimum Gasteiger partial charge on any atom is -0.392 e. The molecule has 3 aliphatic heterocycles. The van der Waals surface area contributed by atoms with E-state index in [2.05, 4.69) is 17.1 Å². The van der Waals surface area contributed by atoms with Crippen molar-refractivity contribution in [1.29, 1.82) is 0 Å². The second-order valence-electron chi connectivity index (χ2n) is 11.0. The van der Waals surface area contributed by atoms with Gasteiger partial charge in [-0.15, -0.1) is 0 Å². The lowest BCUT2D eigenvalue weighted by Gasteiger charge is -2.43. The highest BCUT2D eigenvalue weighted by molar-refractivity contribution is 5.98. The number of carbonyl (C=O) groups excluding carboxylic acids is 2. The highest BCUT2D eigenvalue weighted by Crippen LogP contribution is 2.42. The molecule has 3 aliphatic rings. The SMILES string of the molecule is C[C@H]1[C@@H](CN2CCOCC2)O[C@@H](c2ccc(NC(=O)[C@@H]3CCCN3C(=O)C(F)(F)F)cc2)O[C@H]1c1ccc(CO)cc1. The summed E-state index contributed by atoms with van der Waals surface area (Å²) in [5.41, 5.74) is 2.89. The van der Waals surface area contributed by atoms with Gasteiger partial charge in [-0.3, -0.25) is 14.5 Å². The molecule has 2 N–H and O–H groups in total. The Morgan fingerprint density at radius 1 is 0.976 bits per heavy atom. The first kappa shape index (κ1) is 30.4. The molecule has 2 amide bonds. The normalized spacial score (nSPS) is 27.2. The summed E-state index contributed by atoms with van der Waals surface area (Å²) in [6.45, 7) is 5.61. The van der Waals surface area contributed by atoms with Gasteiger partial charge in [0, 0.05) is 43.3 Å². The first-order chi connectivity index (χ1) is 20.1. The van der Waals surface area contributed by atoms with Crippen LogP contribution in [0.3, 0.4) is 0 Å². The third-order valence-electron chi connectivity index (χ3n) is 8.17. The van der Waals surface area contributed by atoms with Gasteiger partial charge in [-0.25, -0.2) is 0 Å². The number of aliphatic hydroxyl groups is 1. The number of halogens is 3. The van der Waals surface area contributed by atoms with Gasteiger partial charge in [0.25, 0.3) is 0 Å². The molecule has 0 saturated carbocycles. The first-order valence-corrected chi connectivity index (χ1v) is 14.2. The molecule has 3 heterocycles. The smallest absolute Gasteiger partial charge is 0.392 e. The zero-order valence-corrected chi connectivity index (χ0v) is 23.4. The van der Waals surface area contributed by atoms with E-state index >= 15 is 0 Å². The molecule has 5 rings (SSSR count). The predicted octanol–water partition coefficient (Wildman–Crippen LogP) is 3.79. The van der Waals surface area contributed by atoms with Crippen molar-refractivity contribution in [2.45, 2.75) is 57.1 Å². The molecular formula is C30H36F3N3O6. The summed E-state index contributed by atoms with van der Waals surface area (Å²) in [5.74, 6) is -2.63. The monoisotopic (exact) mass is 591 g/mol. The quantitative estimate of drug-likeness (QED) is 0.506. The van der Waals surface area contributed by atoms with Crippen molar-refractivity contribution in [2.24, 2.45) is 5.92 Å². The van der Waals surface area contributed by atoms with Crippen molar-refractivity contribution in [3.63, 3.8) is 0 Å². The highest BCUT2D eigenvalue weighted by atomic mass is 19.4. The number of amides is 2. The van der Waals surface area contributed by atoms with Crippen molar-refractivity contribution >= 4 is 17.5 Å². The van der Waals surface area contributed by atoms with E-state index in [1.165, 1.54) is 0 Å². The standard InChI is InChI=1S/C30H36F3N3O6/c1-19-25(17-35-13-15-40-16-14-35)41-28(42-26(19)21-6-4-20(18-37)5-7-21)22-8-10-23(11-9-22)34-27(38)24-3-2-12-36(24)29(39)30(31,32)33/h4-11,19,24-26,28,37H,2-3,12-18H2,1H3,(H,34,38)/t19-,24-,25+,26+,28+/m0/s1. The molecule has 5 atom stereocenters. The molecule has 3 fully saturated rings. The zero-order valence-electron chi connectivity index (χ0n) is 23.4. The van der Waals surface area contributed by atoms with Crippen molar-refractivity contribution in [1.82, 2.24) is 9.80 Å². The molecule has 0 aromatic heterocycles. The maximum Gasteiger partial charge on any atom is 0.471 e. The van der Waals surface area contributed by atoms with Crippen LogP contribution in [0, 0.1) is 5.92 Å². The third-order valence-corrected chi connectivity index (χ3v) is 8.17. The number of anilines is 1. The topological polar surface area (TPSA) is 101 Å². The fourth-order valence-corrected chi connectivity index (χ4v) is 5.76. The Kier molecular flexibility index (Phi) is 9.48.